The Morgan fingerprint density at radius 3 is 2.58 bits per heavy atom. The maximum atomic E-state index is 12.0. The van der Waals surface area contributed by atoms with E-state index in [4.69, 9.17) is 0 Å². The lowest BCUT2D eigenvalue weighted by Crippen LogP contribution is -2.27. The second-order valence-corrected chi connectivity index (χ2v) is 6.75. The highest BCUT2D eigenvalue weighted by atomic mass is 32.2. The molecule has 0 N–H and O–H groups in total. The number of nitrogens with zero attached hydrogens (tertiary/aromatic N) is 2. The van der Waals surface area contributed by atoms with Crippen molar-refractivity contribution in [1.82, 2.24) is 9.55 Å². The molecule has 0 spiro atoms. The molecule has 0 bridgehead atoms. The fraction of sp³-hybridized carbons (Fsp3) is 0.385. The van der Waals surface area contributed by atoms with E-state index in [-0.39, 0.29) is 18.0 Å². The van der Waals surface area contributed by atoms with E-state index in [2.05, 4.69) is 4.98 Å². The van der Waals surface area contributed by atoms with Crippen LogP contribution in [0.15, 0.2) is 29.1 Å². The highest BCUT2D eigenvalue weighted by molar-refractivity contribution is 7.90. The molecule has 1 heterocycles. The van der Waals surface area contributed by atoms with Gasteiger partial charge in [0.05, 0.1) is 17.0 Å². The summed E-state index contributed by atoms with van der Waals surface area (Å²) in [5.74, 6) is -0.0654. The number of aryl methyl sites for hydroxylation is 2. The third-order valence-corrected chi connectivity index (χ3v) is 3.91. The van der Waals surface area contributed by atoms with E-state index >= 15 is 0 Å². The topological polar surface area (TPSA) is 69.0 Å². The number of hydrogen-bond donors (Lipinski definition) is 0. The second kappa shape index (κ2) is 5.13. The Kier molecular flexibility index (Phi) is 3.71. The normalized spacial score (nSPS) is 11.9. The first-order valence-electron chi connectivity index (χ1n) is 6.08. The van der Waals surface area contributed by atoms with E-state index in [1.165, 1.54) is 4.57 Å². The molecule has 102 valence electrons. The van der Waals surface area contributed by atoms with Gasteiger partial charge in [0.2, 0.25) is 0 Å². The molecule has 0 amide bonds. The Balaban J connectivity index is 2.61. The number of aromatic nitrogens is 2. The van der Waals surface area contributed by atoms with Gasteiger partial charge in [0.1, 0.15) is 9.84 Å². The lowest BCUT2D eigenvalue weighted by atomic mass is 10.1. The summed E-state index contributed by atoms with van der Waals surface area (Å²) in [6, 6.07) is 7.43. The number of fused-ring (bicyclic) bond motifs is 1. The van der Waals surface area contributed by atoms with Crippen LogP contribution in [0.3, 0.4) is 0 Å². The van der Waals surface area contributed by atoms with E-state index in [9.17, 15) is 13.2 Å². The maximum Gasteiger partial charge on any atom is 0.348 e. The van der Waals surface area contributed by atoms with E-state index in [1.807, 2.05) is 31.2 Å². The average molecular weight is 280 g/mol. The predicted octanol–water partition coefficient (Wildman–Crippen LogP) is 1.00. The van der Waals surface area contributed by atoms with E-state index in [0.29, 0.717) is 6.42 Å². The number of benzene rings is 1. The minimum Gasteiger partial charge on any atom is -0.291 e. The van der Waals surface area contributed by atoms with Crippen LogP contribution >= 0.6 is 0 Å². The first-order chi connectivity index (χ1) is 8.92. The maximum absolute atomic E-state index is 12.0. The number of para-hydroxylation sites is 1. The van der Waals surface area contributed by atoms with Crippen LogP contribution in [0.2, 0.25) is 0 Å². The van der Waals surface area contributed by atoms with E-state index in [1.54, 1.807) is 0 Å². The van der Waals surface area contributed by atoms with Gasteiger partial charge < -0.3 is 0 Å². The number of sulfone groups is 1. The largest absolute Gasteiger partial charge is 0.348 e. The fourth-order valence-electron chi connectivity index (χ4n) is 2.03. The zero-order valence-corrected chi connectivity index (χ0v) is 11.8. The third-order valence-electron chi connectivity index (χ3n) is 2.99. The molecule has 0 fully saturated rings. The molecular weight excluding hydrogens is 264 g/mol. The second-order valence-electron chi connectivity index (χ2n) is 4.49. The molecular formula is C13H16N2O3S. The molecule has 2 rings (SSSR count). The van der Waals surface area contributed by atoms with Crippen molar-refractivity contribution in [2.75, 3.05) is 12.0 Å². The van der Waals surface area contributed by atoms with Gasteiger partial charge in [-0.25, -0.2) is 13.2 Å². The zero-order chi connectivity index (χ0) is 14.0. The first kappa shape index (κ1) is 13.7. The van der Waals surface area contributed by atoms with Crippen LogP contribution in [0.1, 0.15) is 12.6 Å². The van der Waals surface area contributed by atoms with E-state index in [0.717, 1.165) is 22.9 Å². The van der Waals surface area contributed by atoms with Crippen molar-refractivity contribution in [1.29, 1.82) is 0 Å². The average Bonchev–Trinajstić information content (AvgIpc) is 2.35. The molecule has 0 aliphatic rings. The van der Waals surface area contributed by atoms with Crippen LogP contribution in [0.4, 0.5) is 0 Å². The molecule has 2 aromatic rings. The van der Waals surface area contributed by atoms with Crippen LogP contribution in [0.5, 0.6) is 0 Å². The summed E-state index contributed by atoms with van der Waals surface area (Å²) in [4.78, 5) is 16.0. The Morgan fingerprint density at radius 1 is 1.26 bits per heavy atom. The van der Waals surface area contributed by atoms with Gasteiger partial charge in [-0.3, -0.25) is 4.57 Å². The van der Waals surface area contributed by atoms with Gasteiger partial charge in [-0.15, -0.1) is 0 Å². The molecule has 0 saturated carbocycles. The van der Waals surface area contributed by atoms with Gasteiger partial charge in [-0.1, -0.05) is 25.1 Å². The lowest BCUT2D eigenvalue weighted by molar-refractivity contribution is 0.593. The highest BCUT2D eigenvalue weighted by Gasteiger charge is 2.10. The van der Waals surface area contributed by atoms with Crippen molar-refractivity contribution in [2.24, 2.45) is 0 Å². The van der Waals surface area contributed by atoms with Crippen LogP contribution in [0.25, 0.3) is 10.9 Å². The summed E-state index contributed by atoms with van der Waals surface area (Å²) in [7, 11) is -3.11. The standard InChI is InChI=1S/C13H16N2O3S/c1-3-11-10-6-4-5-7-12(10)15(13(16)14-11)8-9-19(2,17)18/h4-7H,3,8-9H2,1-2H3. The van der Waals surface area contributed by atoms with Gasteiger partial charge in [-0.2, -0.15) is 4.98 Å². The van der Waals surface area contributed by atoms with E-state index < -0.39 is 9.84 Å². The summed E-state index contributed by atoms with van der Waals surface area (Å²) in [5, 5.41) is 0.901. The molecule has 5 nitrogen and oxygen atoms in total. The summed E-state index contributed by atoms with van der Waals surface area (Å²) in [5.41, 5.74) is 1.10. The zero-order valence-electron chi connectivity index (χ0n) is 11.0. The van der Waals surface area contributed by atoms with Crippen LogP contribution in [0, 0.1) is 0 Å². The smallest absolute Gasteiger partial charge is 0.291 e. The summed E-state index contributed by atoms with van der Waals surface area (Å²) >= 11 is 0. The first-order valence-corrected chi connectivity index (χ1v) is 8.14. The molecule has 19 heavy (non-hydrogen) atoms. The molecule has 1 aromatic carbocycles. The van der Waals surface area contributed by atoms with Crippen molar-refractivity contribution in [2.45, 2.75) is 19.9 Å². The summed E-state index contributed by atoms with van der Waals surface area (Å²) in [6.45, 7) is 2.07. The fourth-order valence-corrected chi connectivity index (χ4v) is 2.55. The van der Waals surface area contributed by atoms with Crippen molar-refractivity contribution in [3.05, 3.63) is 40.4 Å². The molecule has 1 aromatic heterocycles. The van der Waals surface area contributed by atoms with Crippen LogP contribution in [-0.2, 0) is 22.8 Å². The SMILES string of the molecule is CCc1nc(=O)n(CCS(C)(=O)=O)c2ccccc12. The molecule has 6 heteroatoms. The molecule has 0 radical (unpaired) electrons. The Bertz CT molecular complexity index is 763. The molecule has 0 atom stereocenters. The van der Waals surface area contributed by atoms with Gasteiger partial charge in [-0.05, 0) is 12.5 Å². The Hall–Kier alpha value is -1.69. The van der Waals surface area contributed by atoms with Gasteiger partial charge in [0.25, 0.3) is 0 Å². The quantitative estimate of drug-likeness (QED) is 0.838. The predicted molar refractivity (Wildman–Crippen MR) is 75.1 cm³/mol. The minimum absolute atomic E-state index is 0.0654. The highest BCUT2D eigenvalue weighted by Crippen LogP contribution is 2.15. The summed E-state index contributed by atoms with van der Waals surface area (Å²) < 4.78 is 23.9. The molecule has 0 unspecified atom stereocenters. The van der Waals surface area contributed by atoms with Crippen molar-refractivity contribution < 1.29 is 8.42 Å². The van der Waals surface area contributed by atoms with Gasteiger partial charge in [0, 0.05) is 18.2 Å². The number of hydrogen-bond acceptors (Lipinski definition) is 4. The molecule has 0 aliphatic heterocycles. The Morgan fingerprint density at radius 2 is 1.95 bits per heavy atom. The lowest BCUT2D eigenvalue weighted by Gasteiger charge is -2.11. The molecule has 0 saturated heterocycles. The van der Waals surface area contributed by atoms with Crippen LogP contribution < -0.4 is 5.69 Å². The van der Waals surface area contributed by atoms with Gasteiger partial charge >= 0.3 is 5.69 Å². The molecule has 0 aliphatic carbocycles. The van der Waals surface area contributed by atoms with Gasteiger partial charge in [0.15, 0.2) is 0 Å². The Labute approximate surface area is 111 Å². The van der Waals surface area contributed by atoms with Crippen molar-refractivity contribution in [3.63, 3.8) is 0 Å². The van der Waals surface area contributed by atoms with Crippen molar-refractivity contribution in [3.8, 4) is 0 Å². The number of rotatable bonds is 4. The third kappa shape index (κ3) is 3.01. The van der Waals surface area contributed by atoms with Crippen molar-refractivity contribution >= 4 is 20.7 Å². The summed E-state index contributed by atoms with van der Waals surface area (Å²) in [6.07, 6.45) is 1.83. The minimum atomic E-state index is -3.11. The van der Waals surface area contributed by atoms with Crippen LogP contribution in [-0.4, -0.2) is 30.0 Å². The monoisotopic (exact) mass is 280 g/mol.